The van der Waals surface area contributed by atoms with Crippen LogP contribution in [-0.2, 0) is 9.53 Å². The van der Waals surface area contributed by atoms with Crippen LogP contribution in [0.3, 0.4) is 0 Å². The first-order valence-corrected chi connectivity index (χ1v) is 7.96. The summed E-state index contributed by atoms with van der Waals surface area (Å²) in [6.07, 6.45) is -11.6. The van der Waals surface area contributed by atoms with E-state index < -0.39 is 42.2 Å². The van der Waals surface area contributed by atoms with E-state index in [0.29, 0.717) is 19.3 Å². The standard InChI is InChI=1S/C16H20F6O3/c1-8(2)13(23)25-7-10-5-9-3-4-11(10)12(9)6-14(24,15(17,18)19)16(20,21)22/h9-12,24H,1,3-7H2,2H3. The van der Waals surface area contributed by atoms with Gasteiger partial charge in [0.05, 0.1) is 6.61 Å². The molecule has 0 radical (unpaired) electrons. The van der Waals surface area contributed by atoms with Crippen molar-refractivity contribution in [1.82, 2.24) is 0 Å². The Labute approximate surface area is 141 Å². The summed E-state index contributed by atoms with van der Waals surface area (Å²) in [6.45, 7) is 4.80. The van der Waals surface area contributed by atoms with Crippen LogP contribution in [0.1, 0.15) is 32.6 Å². The van der Waals surface area contributed by atoms with Crippen LogP contribution in [0.5, 0.6) is 0 Å². The molecule has 2 bridgehead atoms. The molecule has 2 saturated carbocycles. The van der Waals surface area contributed by atoms with Gasteiger partial charge in [0, 0.05) is 5.57 Å². The van der Waals surface area contributed by atoms with E-state index >= 15 is 0 Å². The summed E-state index contributed by atoms with van der Waals surface area (Å²) < 4.78 is 82.5. The number of carbonyl (C=O) groups excluding carboxylic acids is 1. The molecule has 4 unspecified atom stereocenters. The molecule has 0 saturated heterocycles. The Kier molecular flexibility index (Phi) is 5.20. The summed E-state index contributed by atoms with van der Waals surface area (Å²) in [6, 6.07) is 0. The lowest BCUT2D eigenvalue weighted by atomic mass is 9.82. The Balaban J connectivity index is 2.11. The zero-order chi connectivity index (χ0) is 19.2. The average molecular weight is 374 g/mol. The van der Waals surface area contributed by atoms with Gasteiger partial charge in [0.15, 0.2) is 0 Å². The zero-order valence-electron chi connectivity index (χ0n) is 13.6. The first-order valence-electron chi connectivity index (χ1n) is 7.96. The largest absolute Gasteiger partial charge is 0.462 e. The van der Waals surface area contributed by atoms with E-state index in [1.165, 1.54) is 6.92 Å². The minimum atomic E-state index is -5.80. The van der Waals surface area contributed by atoms with E-state index in [1.54, 1.807) is 0 Å². The van der Waals surface area contributed by atoms with Crippen LogP contribution in [-0.4, -0.2) is 35.6 Å². The van der Waals surface area contributed by atoms with Gasteiger partial charge in [0.25, 0.3) is 5.60 Å². The lowest BCUT2D eigenvalue weighted by Crippen LogP contribution is -2.58. The van der Waals surface area contributed by atoms with Crippen LogP contribution in [0.2, 0.25) is 0 Å². The Bertz CT molecular complexity index is 525. The molecule has 2 aliphatic rings. The predicted octanol–water partition coefficient (Wildman–Crippen LogP) is 4.01. The van der Waals surface area contributed by atoms with Crippen LogP contribution in [0.25, 0.3) is 0 Å². The SMILES string of the molecule is C=C(C)C(=O)OCC1CC2CCC1C2CC(O)(C(F)(F)F)C(F)(F)F. The molecule has 2 aliphatic carbocycles. The summed E-state index contributed by atoms with van der Waals surface area (Å²) in [4.78, 5) is 11.4. The van der Waals surface area contributed by atoms with Crippen molar-refractivity contribution in [3.05, 3.63) is 12.2 Å². The second-order valence-electron chi connectivity index (χ2n) is 7.10. The van der Waals surface area contributed by atoms with E-state index in [0.717, 1.165) is 0 Å². The normalized spacial score (nSPS) is 29.8. The molecular weight excluding hydrogens is 354 g/mol. The topological polar surface area (TPSA) is 46.5 Å². The Hall–Kier alpha value is -1.25. The third-order valence-electron chi connectivity index (χ3n) is 5.48. The number of hydrogen-bond donors (Lipinski definition) is 1. The van der Waals surface area contributed by atoms with Crippen molar-refractivity contribution in [2.24, 2.45) is 23.7 Å². The predicted molar refractivity (Wildman–Crippen MR) is 75.3 cm³/mol. The van der Waals surface area contributed by atoms with Crippen LogP contribution in [0, 0.1) is 23.7 Å². The van der Waals surface area contributed by atoms with Crippen molar-refractivity contribution < 1.29 is 41.0 Å². The third kappa shape index (κ3) is 3.66. The van der Waals surface area contributed by atoms with E-state index in [4.69, 9.17) is 4.74 Å². The minimum Gasteiger partial charge on any atom is -0.462 e. The molecule has 0 aromatic heterocycles. The van der Waals surface area contributed by atoms with Gasteiger partial charge in [-0.2, -0.15) is 26.3 Å². The van der Waals surface area contributed by atoms with Crippen molar-refractivity contribution in [2.75, 3.05) is 6.61 Å². The summed E-state index contributed by atoms with van der Waals surface area (Å²) in [5, 5.41) is 9.44. The first-order chi connectivity index (χ1) is 11.3. The lowest BCUT2D eigenvalue weighted by molar-refractivity contribution is -0.373. The number of halogens is 6. The molecular formula is C16H20F6O3. The maximum atomic E-state index is 12.9. The fraction of sp³-hybridized carbons (Fsp3) is 0.812. The van der Waals surface area contributed by atoms with Gasteiger partial charge in [-0.1, -0.05) is 6.58 Å². The van der Waals surface area contributed by atoms with Gasteiger partial charge in [-0.25, -0.2) is 4.79 Å². The number of fused-ring (bicyclic) bond motifs is 2. The number of ether oxygens (including phenoxy) is 1. The number of carbonyl (C=O) groups is 1. The average Bonchev–Trinajstić information content (AvgIpc) is 2.98. The zero-order valence-corrected chi connectivity index (χ0v) is 13.6. The number of esters is 1. The highest BCUT2D eigenvalue weighted by atomic mass is 19.4. The number of rotatable bonds is 5. The Morgan fingerprint density at radius 1 is 1.16 bits per heavy atom. The lowest BCUT2D eigenvalue weighted by Gasteiger charge is -2.35. The van der Waals surface area contributed by atoms with Gasteiger partial charge in [-0.05, 0) is 56.3 Å². The number of alkyl halides is 6. The van der Waals surface area contributed by atoms with Crippen molar-refractivity contribution in [3.63, 3.8) is 0 Å². The fourth-order valence-corrected chi connectivity index (χ4v) is 4.17. The smallest absolute Gasteiger partial charge is 0.426 e. The summed E-state index contributed by atoms with van der Waals surface area (Å²) in [7, 11) is 0. The monoisotopic (exact) mass is 374 g/mol. The minimum absolute atomic E-state index is 0.0557. The maximum absolute atomic E-state index is 12.9. The summed E-state index contributed by atoms with van der Waals surface area (Å²) in [5.41, 5.74) is -4.54. The van der Waals surface area contributed by atoms with Crippen molar-refractivity contribution >= 4 is 5.97 Å². The highest BCUT2D eigenvalue weighted by molar-refractivity contribution is 5.86. The van der Waals surface area contributed by atoms with Gasteiger partial charge in [-0.3, -0.25) is 0 Å². The fourth-order valence-electron chi connectivity index (χ4n) is 4.17. The van der Waals surface area contributed by atoms with Crippen LogP contribution in [0.15, 0.2) is 12.2 Å². The highest BCUT2D eigenvalue weighted by Crippen LogP contribution is 2.58. The molecule has 144 valence electrons. The molecule has 0 aliphatic heterocycles. The van der Waals surface area contributed by atoms with Crippen LogP contribution < -0.4 is 0 Å². The Morgan fingerprint density at radius 2 is 1.72 bits per heavy atom. The molecule has 0 aromatic carbocycles. The van der Waals surface area contributed by atoms with Crippen molar-refractivity contribution in [2.45, 2.75) is 50.6 Å². The van der Waals surface area contributed by atoms with Gasteiger partial charge in [0.1, 0.15) is 0 Å². The molecule has 25 heavy (non-hydrogen) atoms. The second kappa shape index (κ2) is 6.48. The molecule has 2 rings (SSSR count). The molecule has 2 fully saturated rings. The van der Waals surface area contributed by atoms with E-state index in [2.05, 4.69) is 6.58 Å². The van der Waals surface area contributed by atoms with Gasteiger partial charge in [0.2, 0.25) is 0 Å². The van der Waals surface area contributed by atoms with Gasteiger partial charge >= 0.3 is 18.3 Å². The second-order valence-corrected chi connectivity index (χ2v) is 7.10. The van der Waals surface area contributed by atoms with Gasteiger partial charge in [-0.15, -0.1) is 0 Å². The maximum Gasteiger partial charge on any atom is 0.426 e. The first kappa shape index (κ1) is 20.1. The quantitative estimate of drug-likeness (QED) is 0.449. The molecule has 0 amide bonds. The van der Waals surface area contributed by atoms with Crippen LogP contribution in [0.4, 0.5) is 26.3 Å². The van der Waals surface area contributed by atoms with Crippen molar-refractivity contribution in [1.29, 1.82) is 0 Å². The van der Waals surface area contributed by atoms with E-state index in [9.17, 15) is 36.2 Å². The molecule has 9 heteroatoms. The third-order valence-corrected chi connectivity index (χ3v) is 5.48. The molecule has 1 N–H and O–H groups in total. The summed E-state index contributed by atoms with van der Waals surface area (Å²) in [5.74, 6) is -2.60. The summed E-state index contributed by atoms with van der Waals surface area (Å²) >= 11 is 0. The molecule has 0 spiro atoms. The highest BCUT2D eigenvalue weighted by Gasteiger charge is 2.71. The van der Waals surface area contributed by atoms with Crippen LogP contribution >= 0.6 is 0 Å². The van der Waals surface area contributed by atoms with E-state index in [1.807, 2.05) is 0 Å². The van der Waals surface area contributed by atoms with E-state index in [-0.39, 0.29) is 24.0 Å². The van der Waals surface area contributed by atoms with Gasteiger partial charge < -0.3 is 9.84 Å². The molecule has 4 atom stereocenters. The van der Waals surface area contributed by atoms with Crippen molar-refractivity contribution in [3.8, 4) is 0 Å². The number of aliphatic hydroxyl groups is 1. The Morgan fingerprint density at radius 3 is 2.20 bits per heavy atom. The molecule has 0 heterocycles. The molecule has 0 aromatic rings. The number of hydrogen-bond acceptors (Lipinski definition) is 3. The molecule has 3 nitrogen and oxygen atoms in total.